The monoisotopic (exact) mass is 175 g/mol. The van der Waals surface area contributed by atoms with Gasteiger partial charge in [-0.3, -0.25) is 0 Å². The number of carbonyl (C=O) groups excluding carboxylic acids is 1. The Morgan fingerprint density at radius 1 is 1.75 bits per heavy atom. The third kappa shape index (κ3) is 2.36. The van der Waals surface area contributed by atoms with E-state index in [4.69, 9.17) is 4.74 Å². The highest BCUT2D eigenvalue weighted by Gasteiger charge is 2.52. The van der Waals surface area contributed by atoms with Crippen molar-refractivity contribution in [2.75, 3.05) is 0 Å². The van der Waals surface area contributed by atoms with Gasteiger partial charge in [-0.15, -0.1) is 0 Å². The van der Waals surface area contributed by atoms with E-state index in [2.05, 4.69) is 5.32 Å². The number of amides is 1. The molecule has 1 saturated carbocycles. The highest BCUT2D eigenvalue weighted by Crippen LogP contribution is 2.39. The summed E-state index contributed by atoms with van der Waals surface area (Å²) >= 11 is 0. The third-order valence-electron chi connectivity index (χ3n) is 1.80. The van der Waals surface area contributed by atoms with E-state index in [0.717, 1.165) is 0 Å². The molecule has 0 saturated heterocycles. The Balaban J connectivity index is 2.21. The summed E-state index contributed by atoms with van der Waals surface area (Å²) in [7, 11) is 0. The second-order valence-corrected chi connectivity index (χ2v) is 3.63. The van der Waals surface area contributed by atoms with Gasteiger partial charge in [0.15, 0.2) is 0 Å². The summed E-state index contributed by atoms with van der Waals surface area (Å²) in [4.78, 5) is 10.9. The lowest BCUT2D eigenvalue weighted by Crippen LogP contribution is -2.31. The smallest absolute Gasteiger partial charge is 0.407 e. The number of alkyl carbamates (subject to hydrolysis) is 1. The first-order chi connectivity index (χ1) is 5.42. The van der Waals surface area contributed by atoms with Crippen molar-refractivity contribution in [1.29, 1.82) is 0 Å². The Labute approximate surface area is 71.3 Å². The Morgan fingerprint density at radius 2 is 2.25 bits per heavy atom. The van der Waals surface area contributed by atoms with E-state index in [1.54, 1.807) is 13.8 Å². The van der Waals surface area contributed by atoms with Crippen LogP contribution < -0.4 is 5.32 Å². The maximum Gasteiger partial charge on any atom is 0.407 e. The standard InChI is InChI=1S/C8H14FNO2/c1-5(2)12-7(11)10-6-4-8(6,3)9/h5-6H,4H2,1-3H3,(H,10,11)/t6-,8?/m1/s1. The van der Waals surface area contributed by atoms with Crippen molar-refractivity contribution in [3.63, 3.8) is 0 Å². The number of alkyl halides is 1. The van der Waals surface area contributed by atoms with Crippen LogP contribution in [0.5, 0.6) is 0 Å². The fourth-order valence-electron chi connectivity index (χ4n) is 0.932. The van der Waals surface area contributed by atoms with E-state index >= 15 is 0 Å². The van der Waals surface area contributed by atoms with Gasteiger partial charge in [0.2, 0.25) is 0 Å². The van der Waals surface area contributed by atoms with Gasteiger partial charge in [0.05, 0.1) is 12.1 Å². The number of ether oxygens (including phenoxy) is 1. The second kappa shape index (κ2) is 2.92. The Hall–Kier alpha value is -0.800. The molecule has 3 nitrogen and oxygen atoms in total. The van der Waals surface area contributed by atoms with Crippen molar-refractivity contribution < 1.29 is 13.9 Å². The van der Waals surface area contributed by atoms with Crippen LogP contribution in [0.3, 0.4) is 0 Å². The lowest BCUT2D eigenvalue weighted by molar-refractivity contribution is 0.113. The van der Waals surface area contributed by atoms with Gasteiger partial charge in [-0.1, -0.05) is 0 Å². The van der Waals surface area contributed by atoms with Crippen LogP contribution in [0, 0.1) is 0 Å². The minimum atomic E-state index is -1.23. The quantitative estimate of drug-likeness (QED) is 0.692. The molecule has 1 rings (SSSR count). The van der Waals surface area contributed by atoms with Crippen molar-refractivity contribution in [3.05, 3.63) is 0 Å². The van der Waals surface area contributed by atoms with Crippen LogP contribution in [0.15, 0.2) is 0 Å². The minimum absolute atomic E-state index is 0.158. The minimum Gasteiger partial charge on any atom is -0.447 e. The van der Waals surface area contributed by atoms with E-state index in [9.17, 15) is 9.18 Å². The van der Waals surface area contributed by atoms with Gasteiger partial charge in [-0.25, -0.2) is 9.18 Å². The molecular weight excluding hydrogens is 161 g/mol. The molecule has 0 spiro atoms. The summed E-state index contributed by atoms with van der Waals surface area (Å²) in [5.41, 5.74) is -1.23. The van der Waals surface area contributed by atoms with Crippen molar-refractivity contribution in [2.24, 2.45) is 0 Å². The van der Waals surface area contributed by atoms with Gasteiger partial charge in [0, 0.05) is 6.42 Å². The molecule has 0 bridgehead atoms. The average molecular weight is 175 g/mol. The average Bonchev–Trinajstić information content (AvgIpc) is 2.35. The first kappa shape index (κ1) is 9.29. The number of nitrogens with one attached hydrogen (secondary N) is 1. The van der Waals surface area contributed by atoms with Gasteiger partial charge in [0.1, 0.15) is 5.67 Å². The van der Waals surface area contributed by atoms with Gasteiger partial charge >= 0.3 is 6.09 Å². The van der Waals surface area contributed by atoms with E-state index in [1.807, 2.05) is 0 Å². The zero-order valence-corrected chi connectivity index (χ0v) is 7.56. The van der Waals surface area contributed by atoms with Crippen molar-refractivity contribution in [1.82, 2.24) is 5.32 Å². The number of carbonyl (C=O) groups is 1. The Kier molecular flexibility index (Phi) is 2.26. The van der Waals surface area contributed by atoms with Crippen LogP contribution in [0.1, 0.15) is 27.2 Å². The van der Waals surface area contributed by atoms with Crippen molar-refractivity contribution in [3.8, 4) is 0 Å². The molecule has 0 aliphatic heterocycles. The molecule has 1 N–H and O–H groups in total. The van der Waals surface area contributed by atoms with E-state index in [1.165, 1.54) is 6.92 Å². The van der Waals surface area contributed by atoms with E-state index < -0.39 is 11.8 Å². The summed E-state index contributed by atoms with van der Waals surface area (Å²) in [5.74, 6) is 0. The van der Waals surface area contributed by atoms with Crippen molar-refractivity contribution in [2.45, 2.75) is 45.0 Å². The Bertz CT molecular complexity index is 191. The lowest BCUT2D eigenvalue weighted by atomic mass is 10.4. The molecule has 1 aliphatic carbocycles. The zero-order chi connectivity index (χ0) is 9.35. The van der Waals surface area contributed by atoms with Crippen LogP contribution in [-0.2, 0) is 4.74 Å². The normalized spacial score (nSPS) is 33.2. The molecule has 12 heavy (non-hydrogen) atoms. The SMILES string of the molecule is CC(C)OC(=O)N[C@@H]1CC1(C)F. The summed E-state index contributed by atoms with van der Waals surface area (Å²) in [6, 6.07) is -0.358. The number of hydrogen-bond acceptors (Lipinski definition) is 2. The zero-order valence-electron chi connectivity index (χ0n) is 7.56. The van der Waals surface area contributed by atoms with Crippen molar-refractivity contribution >= 4 is 6.09 Å². The highest BCUT2D eigenvalue weighted by atomic mass is 19.1. The molecule has 0 heterocycles. The highest BCUT2D eigenvalue weighted by molar-refractivity contribution is 5.68. The van der Waals surface area contributed by atoms with Crippen LogP contribution in [0.2, 0.25) is 0 Å². The molecule has 0 aromatic carbocycles. The molecule has 1 fully saturated rings. The predicted molar refractivity (Wildman–Crippen MR) is 42.7 cm³/mol. The molecule has 0 aromatic heterocycles. The molecule has 1 unspecified atom stereocenters. The van der Waals surface area contributed by atoms with Crippen LogP contribution in [-0.4, -0.2) is 23.9 Å². The van der Waals surface area contributed by atoms with E-state index in [0.29, 0.717) is 6.42 Å². The largest absolute Gasteiger partial charge is 0.447 e. The van der Waals surface area contributed by atoms with Gasteiger partial charge < -0.3 is 10.1 Å². The summed E-state index contributed by atoms with van der Waals surface area (Å²) in [5, 5.41) is 2.44. The summed E-state index contributed by atoms with van der Waals surface area (Å²) in [6.45, 7) is 4.97. The molecular formula is C8H14FNO2. The van der Waals surface area contributed by atoms with Crippen LogP contribution >= 0.6 is 0 Å². The number of halogens is 1. The molecule has 1 aliphatic rings. The fraction of sp³-hybridized carbons (Fsp3) is 0.875. The van der Waals surface area contributed by atoms with Crippen LogP contribution in [0.25, 0.3) is 0 Å². The Morgan fingerprint density at radius 3 is 2.58 bits per heavy atom. The third-order valence-corrected chi connectivity index (χ3v) is 1.80. The number of rotatable bonds is 2. The maximum atomic E-state index is 12.9. The summed E-state index contributed by atoms with van der Waals surface area (Å²) in [6.07, 6.45) is -0.300. The lowest BCUT2D eigenvalue weighted by Gasteiger charge is -2.09. The topological polar surface area (TPSA) is 38.3 Å². The molecule has 4 heteroatoms. The first-order valence-corrected chi connectivity index (χ1v) is 4.08. The fourth-order valence-corrected chi connectivity index (χ4v) is 0.932. The maximum absolute atomic E-state index is 12.9. The van der Waals surface area contributed by atoms with E-state index in [-0.39, 0.29) is 12.1 Å². The van der Waals surface area contributed by atoms with Gasteiger partial charge in [-0.05, 0) is 20.8 Å². The molecule has 2 atom stereocenters. The molecule has 0 aromatic rings. The molecule has 0 radical (unpaired) electrons. The molecule has 1 amide bonds. The predicted octanol–water partition coefficient (Wildman–Crippen LogP) is 1.62. The first-order valence-electron chi connectivity index (χ1n) is 4.08. The summed E-state index contributed by atoms with van der Waals surface area (Å²) < 4.78 is 17.7. The van der Waals surface area contributed by atoms with Gasteiger partial charge in [0.25, 0.3) is 0 Å². The van der Waals surface area contributed by atoms with Gasteiger partial charge in [-0.2, -0.15) is 0 Å². The van der Waals surface area contributed by atoms with Crippen LogP contribution in [0.4, 0.5) is 9.18 Å². The second-order valence-electron chi connectivity index (χ2n) is 3.63. The molecule has 70 valence electrons. The number of hydrogen-bond donors (Lipinski definition) is 1.